The lowest BCUT2D eigenvalue weighted by atomic mass is 9.57. The van der Waals surface area contributed by atoms with Gasteiger partial charge in [-0.1, -0.05) is 35.0 Å². The molecule has 0 amide bonds. The number of hydrogen-bond donors (Lipinski definition) is 1. The Hall–Kier alpha value is -1.00. The zero-order valence-corrected chi connectivity index (χ0v) is 14.2. The van der Waals surface area contributed by atoms with Gasteiger partial charge < -0.3 is 5.32 Å². The molecule has 1 aromatic rings. The lowest BCUT2D eigenvalue weighted by Gasteiger charge is -2.46. The summed E-state index contributed by atoms with van der Waals surface area (Å²) < 4.78 is 0.832. The Morgan fingerprint density at radius 2 is 2.14 bits per heavy atom. The van der Waals surface area contributed by atoms with Gasteiger partial charge in [0, 0.05) is 22.9 Å². The minimum Gasteiger partial charge on any atom is -0.320 e. The quantitative estimate of drug-likeness (QED) is 0.765. The SMILES string of the molecule is CNCCC(C)C1(Cc2ccc(C=O)c(Br)c2)CC(=O)C1. The zero-order valence-electron chi connectivity index (χ0n) is 12.6. The van der Waals surface area contributed by atoms with Crippen LogP contribution in [-0.4, -0.2) is 25.7 Å². The molecule has 1 aromatic carbocycles. The molecule has 1 N–H and O–H groups in total. The molecule has 0 aliphatic heterocycles. The molecular weight excluding hydrogens is 330 g/mol. The van der Waals surface area contributed by atoms with Crippen LogP contribution < -0.4 is 5.32 Å². The summed E-state index contributed by atoms with van der Waals surface area (Å²) in [5.41, 5.74) is 1.95. The molecule has 3 nitrogen and oxygen atoms in total. The van der Waals surface area contributed by atoms with Crippen molar-refractivity contribution in [1.29, 1.82) is 0 Å². The Morgan fingerprint density at radius 1 is 1.43 bits per heavy atom. The second kappa shape index (κ2) is 6.84. The van der Waals surface area contributed by atoms with Crippen LogP contribution >= 0.6 is 15.9 Å². The van der Waals surface area contributed by atoms with Gasteiger partial charge >= 0.3 is 0 Å². The molecule has 0 aromatic heterocycles. The number of halogens is 1. The average molecular weight is 352 g/mol. The molecule has 2 rings (SSSR count). The Bertz CT molecular complexity index is 534. The Labute approximate surface area is 134 Å². The first-order valence-electron chi connectivity index (χ1n) is 7.40. The molecule has 1 fully saturated rings. The van der Waals surface area contributed by atoms with Crippen molar-refractivity contribution >= 4 is 28.0 Å². The molecule has 0 heterocycles. The Balaban J connectivity index is 2.14. The second-order valence-electron chi connectivity index (χ2n) is 6.20. The number of carbonyl (C=O) groups excluding carboxylic acids is 2. The number of Topliss-reactive ketones (excluding diaryl/α,β-unsaturated/α-hetero) is 1. The molecule has 21 heavy (non-hydrogen) atoms. The van der Waals surface area contributed by atoms with Crippen LogP contribution in [0.2, 0.25) is 0 Å². The van der Waals surface area contributed by atoms with Crippen molar-refractivity contribution in [3.05, 3.63) is 33.8 Å². The summed E-state index contributed by atoms with van der Waals surface area (Å²) >= 11 is 3.44. The topological polar surface area (TPSA) is 46.2 Å². The van der Waals surface area contributed by atoms with Crippen molar-refractivity contribution in [2.45, 2.75) is 32.6 Å². The first kappa shape index (κ1) is 16.4. The standard InChI is InChI=1S/C17H22BrNO2/c1-12(5-6-19-2)17(9-15(21)10-17)8-13-3-4-14(11-20)16(18)7-13/h3-4,7,11-12,19H,5-6,8-10H2,1-2H3. The van der Waals surface area contributed by atoms with Crippen LogP contribution in [0.3, 0.4) is 0 Å². The number of ketones is 1. The van der Waals surface area contributed by atoms with Gasteiger partial charge in [-0.2, -0.15) is 0 Å². The van der Waals surface area contributed by atoms with Crippen molar-refractivity contribution in [2.24, 2.45) is 11.3 Å². The first-order chi connectivity index (χ1) is 10.0. The van der Waals surface area contributed by atoms with Gasteiger partial charge in [-0.3, -0.25) is 9.59 Å². The van der Waals surface area contributed by atoms with E-state index in [0.29, 0.717) is 30.1 Å². The van der Waals surface area contributed by atoms with Gasteiger partial charge in [0.05, 0.1) is 0 Å². The number of carbonyl (C=O) groups is 2. The van der Waals surface area contributed by atoms with Gasteiger partial charge in [0.25, 0.3) is 0 Å². The van der Waals surface area contributed by atoms with Gasteiger partial charge in [-0.15, -0.1) is 0 Å². The fourth-order valence-corrected chi connectivity index (χ4v) is 3.75. The Kier molecular flexibility index (Phi) is 5.33. The molecule has 114 valence electrons. The maximum absolute atomic E-state index is 11.6. The monoisotopic (exact) mass is 351 g/mol. The number of benzene rings is 1. The van der Waals surface area contributed by atoms with E-state index in [1.54, 1.807) is 0 Å². The summed E-state index contributed by atoms with van der Waals surface area (Å²) in [6.45, 7) is 3.23. The number of nitrogens with one attached hydrogen (secondary N) is 1. The van der Waals surface area contributed by atoms with Crippen molar-refractivity contribution in [1.82, 2.24) is 5.32 Å². The number of hydrogen-bond acceptors (Lipinski definition) is 3. The summed E-state index contributed by atoms with van der Waals surface area (Å²) in [6, 6.07) is 5.86. The summed E-state index contributed by atoms with van der Waals surface area (Å²) in [4.78, 5) is 22.5. The highest BCUT2D eigenvalue weighted by Crippen LogP contribution is 2.48. The Morgan fingerprint density at radius 3 is 2.67 bits per heavy atom. The van der Waals surface area contributed by atoms with Gasteiger partial charge in [0.2, 0.25) is 0 Å². The highest BCUT2D eigenvalue weighted by molar-refractivity contribution is 9.10. The average Bonchev–Trinajstić information content (AvgIpc) is 2.43. The van der Waals surface area contributed by atoms with E-state index < -0.39 is 0 Å². The van der Waals surface area contributed by atoms with E-state index in [2.05, 4.69) is 28.2 Å². The van der Waals surface area contributed by atoms with E-state index in [9.17, 15) is 9.59 Å². The minimum atomic E-state index is 0.0933. The molecule has 1 aliphatic rings. The van der Waals surface area contributed by atoms with E-state index in [1.807, 2.05) is 25.2 Å². The normalized spacial score (nSPS) is 18.1. The lowest BCUT2D eigenvalue weighted by Crippen LogP contribution is -2.45. The fourth-order valence-electron chi connectivity index (χ4n) is 3.23. The van der Waals surface area contributed by atoms with Gasteiger partial charge in [0.15, 0.2) is 6.29 Å². The lowest BCUT2D eigenvalue weighted by molar-refractivity contribution is -0.136. The smallest absolute Gasteiger partial charge is 0.151 e. The maximum atomic E-state index is 11.6. The third kappa shape index (κ3) is 3.61. The molecule has 0 radical (unpaired) electrons. The van der Waals surface area contributed by atoms with Crippen LogP contribution in [0.4, 0.5) is 0 Å². The first-order valence-corrected chi connectivity index (χ1v) is 8.20. The maximum Gasteiger partial charge on any atom is 0.151 e. The van der Waals surface area contributed by atoms with E-state index in [-0.39, 0.29) is 5.41 Å². The largest absolute Gasteiger partial charge is 0.320 e. The van der Waals surface area contributed by atoms with Crippen LogP contribution in [0.15, 0.2) is 22.7 Å². The highest BCUT2D eigenvalue weighted by Gasteiger charge is 2.46. The van der Waals surface area contributed by atoms with Crippen molar-refractivity contribution in [3.63, 3.8) is 0 Å². The van der Waals surface area contributed by atoms with Gasteiger partial charge in [-0.25, -0.2) is 0 Å². The third-order valence-electron chi connectivity index (χ3n) is 4.72. The molecule has 1 saturated carbocycles. The summed E-state index contributed by atoms with van der Waals surface area (Å²) in [7, 11) is 1.96. The van der Waals surface area contributed by atoms with Gasteiger partial charge in [-0.05, 0) is 49.4 Å². The van der Waals surface area contributed by atoms with E-state index >= 15 is 0 Å². The van der Waals surface area contributed by atoms with Crippen LogP contribution in [0.1, 0.15) is 42.1 Å². The van der Waals surface area contributed by atoms with Gasteiger partial charge in [0.1, 0.15) is 5.78 Å². The van der Waals surface area contributed by atoms with Crippen LogP contribution in [0, 0.1) is 11.3 Å². The molecule has 1 aliphatic carbocycles. The van der Waals surface area contributed by atoms with Crippen molar-refractivity contribution < 1.29 is 9.59 Å². The van der Waals surface area contributed by atoms with Crippen LogP contribution in [0.5, 0.6) is 0 Å². The predicted molar refractivity (Wildman–Crippen MR) is 87.6 cm³/mol. The van der Waals surface area contributed by atoms with E-state index in [0.717, 1.165) is 30.1 Å². The highest BCUT2D eigenvalue weighted by atomic mass is 79.9. The minimum absolute atomic E-state index is 0.0933. The third-order valence-corrected chi connectivity index (χ3v) is 5.41. The summed E-state index contributed by atoms with van der Waals surface area (Å²) in [6.07, 6.45) is 4.21. The van der Waals surface area contributed by atoms with Crippen molar-refractivity contribution in [2.75, 3.05) is 13.6 Å². The molecule has 0 spiro atoms. The number of aldehydes is 1. The molecule has 1 atom stereocenters. The van der Waals surface area contributed by atoms with Crippen molar-refractivity contribution in [3.8, 4) is 0 Å². The second-order valence-corrected chi connectivity index (χ2v) is 7.05. The fraction of sp³-hybridized carbons (Fsp3) is 0.529. The number of rotatable bonds is 7. The molecule has 4 heteroatoms. The molecule has 0 saturated heterocycles. The van der Waals surface area contributed by atoms with Crippen LogP contribution in [-0.2, 0) is 11.2 Å². The van der Waals surface area contributed by atoms with Crippen LogP contribution in [0.25, 0.3) is 0 Å². The summed E-state index contributed by atoms with van der Waals surface area (Å²) in [5.74, 6) is 0.877. The predicted octanol–water partition coefficient (Wildman–Crippen LogP) is 3.40. The molecule has 1 unspecified atom stereocenters. The van der Waals surface area contributed by atoms with E-state index in [4.69, 9.17) is 0 Å². The summed E-state index contributed by atoms with van der Waals surface area (Å²) in [5, 5.41) is 3.19. The zero-order chi connectivity index (χ0) is 15.5. The molecule has 0 bridgehead atoms. The van der Waals surface area contributed by atoms with E-state index in [1.165, 1.54) is 5.56 Å². The molecular formula is C17H22BrNO2.